The molecule has 98 valence electrons. The van der Waals surface area contributed by atoms with Crippen molar-refractivity contribution in [3.63, 3.8) is 0 Å². The summed E-state index contributed by atoms with van der Waals surface area (Å²) in [4.78, 5) is 23.0. The van der Waals surface area contributed by atoms with Gasteiger partial charge in [0, 0.05) is 0 Å². The molecule has 1 N–H and O–H groups in total. The third-order valence-electron chi connectivity index (χ3n) is 2.22. The number of Topliss-reactive ketones (excluding diaryl/α,β-unsaturated/α-hetero) is 1. The van der Waals surface area contributed by atoms with Gasteiger partial charge in [-0.1, -0.05) is 0 Å². The van der Waals surface area contributed by atoms with Gasteiger partial charge in [-0.25, -0.2) is 4.79 Å². The average molecular weight is 254 g/mol. The molecule has 1 aromatic carbocycles. The summed E-state index contributed by atoms with van der Waals surface area (Å²) in [6.45, 7) is 1.66. The maximum absolute atomic E-state index is 11.7. The Balaban J connectivity index is 3.19. The topological polar surface area (TPSA) is 82.1 Å². The Morgan fingerprint density at radius 1 is 1.22 bits per heavy atom. The van der Waals surface area contributed by atoms with Crippen LogP contribution >= 0.6 is 0 Å². The second kappa shape index (κ2) is 5.90. The molecule has 18 heavy (non-hydrogen) atoms. The second-order valence-corrected chi connectivity index (χ2v) is 3.25. The fourth-order valence-electron chi connectivity index (χ4n) is 1.40. The van der Waals surface area contributed by atoms with E-state index in [1.165, 1.54) is 26.4 Å². The molecule has 6 nitrogen and oxygen atoms in total. The number of phenols is 1. The van der Waals surface area contributed by atoms with E-state index in [9.17, 15) is 14.7 Å². The van der Waals surface area contributed by atoms with E-state index in [1.54, 1.807) is 6.92 Å². The van der Waals surface area contributed by atoms with Crippen LogP contribution in [0.25, 0.3) is 0 Å². The van der Waals surface area contributed by atoms with Crippen molar-refractivity contribution in [3.05, 3.63) is 17.7 Å². The summed E-state index contributed by atoms with van der Waals surface area (Å²) in [6.07, 6.45) is 0. The number of esters is 1. The van der Waals surface area contributed by atoms with Crippen molar-refractivity contribution in [1.82, 2.24) is 0 Å². The Morgan fingerprint density at radius 3 is 2.39 bits per heavy atom. The smallest absolute Gasteiger partial charge is 0.379 e. The van der Waals surface area contributed by atoms with Gasteiger partial charge in [0.1, 0.15) is 0 Å². The van der Waals surface area contributed by atoms with Crippen LogP contribution in [0.1, 0.15) is 17.3 Å². The summed E-state index contributed by atoms with van der Waals surface area (Å²) in [5.74, 6) is -2.16. The molecule has 0 radical (unpaired) electrons. The summed E-state index contributed by atoms with van der Waals surface area (Å²) < 4.78 is 14.4. The highest BCUT2D eigenvalue weighted by Gasteiger charge is 2.24. The van der Waals surface area contributed by atoms with E-state index < -0.39 is 17.5 Å². The molecule has 0 heterocycles. The molecule has 0 saturated carbocycles. The lowest BCUT2D eigenvalue weighted by Gasteiger charge is -2.11. The normalized spacial score (nSPS) is 9.72. The van der Waals surface area contributed by atoms with Gasteiger partial charge in [-0.2, -0.15) is 0 Å². The van der Waals surface area contributed by atoms with Crippen LogP contribution in [0.5, 0.6) is 17.2 Å². The number of methoxy groups -OCH3 is 2. The number of rotatable bonds is 5. The zero-order valence-corrected chi connectivity index (χ0v) is 10.4. The van der Waals surface area contributed by atoms with Gasteiger partial charge in [0.05, 0.1) is 26.4 Å². The molecule has 0 spiro atoms. The molecule has 0 aliphatic carbocycles. The number of aromatic hydroxyl groups is 1. The molecular weight excluding hydrogens is 240 g/mol. The van der Waals surface area contributed by atoms with Crippen molar-refractivity contribution < 1.29 is 28.9 Å². The van der Waals surface area contributed by atoms with Crippen molar-refractivity contribution in [2.75, 3.05) is 20.8 Å². The molecule has 0 saturated heterocycles. The fraction of sp³-hybridized carbons (Fsp3) is 0.333. The fourth-order valence-corrected chi connectivity index (χ4v) is 1.40. The molecule has 0 atom stereocenters. The van der Waals surface area contributed by atoms with Gasteiger partial charge in [-0.3, -0.25) is 4.79 Å². The monoisotopic (exact) mass is 254 g/mol. The first-order valence-electron chi connectivity index (χ1n) is 5.22. The summed E-state index contributed by atoms with van der Waals surface area (Å²) in [7, 11) is 2.71. The molecule has 1 rings (SSSR count). The highest BCUT2D eigenvalue weighted by Crippen LogP contribution is 2.39. The molecule has 0 bridgehead atoms. The Labute approximate surface area is 104 Å². The van der Waals surface area contributed by atoms with Gasteiger partial charge in [0.25, 0.3) is 5.78 Å². The number of ketones is 1. The van der Waals surface area contributed by atoms with Crippen LogP contribution < -0.4 is 9.47 Å². The lowest BCUT2D eigenvalue weighted by molar-refractivity contribution is -0.137. The maximum atomic E-state index is 11.7. The lowest BCUT2D eigenvalue weighted by Crippen LogP contribution is -2.17. The van der Waals surface area contributed by atoms with Crippen LogP contribution in [-0.4, -0.2) is 37.7 Å². The Kier molecular flexibility index (Phi) is 4.53. The van der Waals surface area contributed by atoms with Gasteiger partial charge in [-0.15, -0.1) is 0 Å². The third-order valence-corrected chi connectivity index (χ3v) is 2.22. The Morgan fingerprint density at radius 2 is 1.89 bits per heavy atom. The van der Waals surface area contributed by atoms with Crippen molar-refractivity contribution in [2.24, 2.45) is 0 Å². The summed E-state index contributed by atoms with van der Waals surface area (Å²) >= 11 is 0. The Bertz CT molecular complexity index is 466. The van der Waals surface area contributed by atoms with Crippen molar-refractivity contribution in [3.8, 4) is 17.2 Å². The lowest BCUT2D eigenvalue weighted by atomic mass is 10.1. The zero-order chi connectivity index (χ0) is 13.7. The van der Waals surface area contributed by atoms with Crippen LogP contribution in [0.4, 0.5) is 0 Å². The molecule has 6 heteroatoms. The standard InChI is InChI=1S/C12H14O6/c1-4-18-12(15)10(14)7-5-6-8(16-2)11(17-3)9(7)13/h5-6,13H,4H2,1-3H3. The summed E-state index contributed by atoms with van der Waals surface area (Å²) in [5.41, 5.74) is -0.189. The first kappa shape index (κ1) is 13.8. The van der Waals surface area contributed by atoms with Crippen molar-refractivity contribution in [2.45, 2.75) is 6.92 Å². The molecule has 0 aliphatic heterocycles. The largest absolute Gasteiger partial charge is 0.504 e. The second-order valence-electron chi connectivity index (χ2n) is 3.25. The van der Waals surface area contributed by atoms with E-state index in [2.05, 4.69) is 4.74 Å². The zero-order valence-electron chi connectivity index (χ0n) is 10.4. The minimum atomic E-state index is -1.03. The number of ether oxygens (including phenoxy) is 3. The van der Waals surface area contributed by atoms with Crippen LogP contribution in [0.15, 0.2) is 12.1 Å². The SMILES string of the molecule is CCOC(=O)C(=O)c1ccc(OC)c(OC)c1O. The quantitative estimate of drug-likeness (QED) is 0.482. The third kappa shape index (κ3) is 2.53. The van der Waals surface area contributed by atoms with E-state index in [4.69, 9.17) is 9.47 Å². The average Bonchev–Trinajstić information content (AvgIpc) is 2.37. The van der Waals surface area contributed by atoms with Gasteiger partial charge in [0.2, 0.25) is 5.75 Å². The van der Waals surface area contributed by atoms with E-state index in [0.717, 1.165) is 0 Å². The number of carbonyl (C=O) groups excluding carboxylic acids is 2. The molecule has 0 aliphatic rings. The maximum Gasteiger partial charge on any atom is 0.379 e. The van der Waals surface area contributed by atoms with E-state index in [0.29, 0.717) is 0 Å². The molecule has 0 fully saturated rings. The van der Waals surface area contributed by atoms with Crippen LogP contribution in [0.2, 0.25) is 0 Å². The molecule has 1 aromatic rings. The van der Waals surface area contributed by atoms with Gasteiger partial charge >= 0.3 is 5.97 Å². The first-order chi connectivity index (χ1) is 8.56. The minimum Gasteiger partial charge on any atom is -0.504 e. The van der Waals surface area contributed by atoms with Crippen molar-refractivity contribution >= 4 is 11.8 Å². The molecule has 0 amide bonds. The number of hydrogen-bond donors (Lipinski definition) is 1. The van der Waals surface area contributed by atoms with E-state index in [1.807, 2.05) is 0 Å². The number of hydrogen-bond acceptors (Lipinski definition) is 6. The minimum absolute atomic E-state index is 0.00681. The Hall–Kier alpha value is -2.24. The van der Waals surface area contributed by atoms with Crippen LogP contribution in [0, 0.1) is 0 Å². The van der Waals surface area contributed by atoms with Gasteiger partial charge in [0.15, 0.2) is 11.5 Å². The highest BCUT2D eigenvalue weighted by molar-refractivity contribution is 6.41. The summed E-state index contributed by atoms with van der Waals surface area (Å²) in [5, 5.41) is 9.85. The first-order valence-corrected chi connectivity index (χ1v) is 5.22. The molecule has 0 unspecified atom stereocenters. The van der Waals surface area contributed by atoms with E-state index in [-0.39, 0.29) is 23.7 Å². The predicted octanol–water partition coefficient (Wildman–Crippen LogP) is 1.16. The highest BCUT2D eigenvalue weighted by atomic mass is 16.5. The van der Waals surface area contributed by atoms with Crippen LogP contribution in [0.3, 0.4) is 0 Å². The van der Waals surface area contributed by atoms with Gasteiger partial charge < -0.3 is 19.3 Å². The van der Waals surface area contributed by atoms with Gasteiger partial charge in [-0.05, 0) is 19.1 Å². The number of benzene rings is 1. The molecular formula is C12H14O6. The van der Waals surface area contributed by atoms with E-state index >= 15 is 0 Å². The number of phenolic OH excluding ortho intramolecular Hbond substituents is 1. The predicted molar refractivity (Wildman–Crippen MR) is 62.2 cm³/mol. The summed E-state index contributed by atoms with van der Waals surface area (Å²) in [6, 6.07) is 2.70. The van der Waals surface area contributed by atoms with Crippen LogP contribution in [-0.2, 0) is 9.53 Å². The molecule has 0 aromatic heterocycles. The number of carbonyl (C=O) groups is 2. The van der Waals surface area contributed by atoms with Crippen molar-refractivity contribution in [1.29, 1.82) is 0 Å².